The Balaban J connectivity index is 2.11. The highest BCUT2D eigenvalue weighted by Gasteiger charge is 2.11. The molecule has 0 bridgehead atoms. The molecular formula is C16H24N4. The molecule has 0 fully saturated rings. The Morgan fingerprint density at radius 3 is 2.70 bits per heavy atom. The zero-order chi connectivity index (χ0) is 14.7. The normalized spacial score (nSPS) is 12.7. The fraction of sp³-hybridized carbons (Fsp3) is 0.438. The van der Waals surface area contributed by atoms with Crippen molar-refractivity contribution < 1.29 is 0 Å². The van der Waals surface area contributed by atoms with Gasteiger partial charge in [-0.05, 0) is 45.6 Å². The molecule has 4 heteroatoms. The van der Waals surface area contributed by atoms with E-state index in [4.69, 9.17) is 0 Å². The standard InChI is InChI=1S/C16H24N4/c1-12(16-11-20(5)18-13(16)2)17-15-8-6-7-14(9-15)10-19(3)4/h6-9,11-12,17H,10H2,1-5H3. The summed E-state index contributed by atoms with van der Waals surface area (Å²) in [6.07, 6.45) is 2.08. The van der Waals surface area contributed by atoms with Crippen molar-refractivity contribution in [1.82, 2.24) is 14.7 Å². The lowest BCUT2D eigenvalue weighted by atomic mass is 10.1. The molecule has 108 valence electrons. The van der Waals surface area contributed by atoms with E-state index in [0.717, 1.165) is 17.9 Å². The summed E-state index contributed by atoms with van der Waals surface area (Å²) in [6, 6.07) is 8.83. The van der Waals surface area contributed by atoms with Crippen LogP contribution < -0.4 is 5.32 Å². The maximum atomic E-state index is 4.40. The predicted octanol–water partition coefficient (Wildman–Crippen LogP) is 2.96. The SMILES string of the molecule is Cc1nn(C)cc1C(C)Nc1cccc(CN(C)C)c1. The second kappa shape index (κ2) is 6.09. The summed E-state index contributed by atoms with van der Waals surface area (Å²) < 4.78 is 1.87. The highest BCUT2D eigenvalue weighted by atomic mass is 15.3. The highest BCUT2D eigenvalue weighted by Crippen LogP contribution is 2.22. The van der Waals surface area contributed by atoms with Gasteiger partial charge in [-0.2, -0.15) is 5.10 Å². The third-order valence-electron chi connectivity index (χ3n) is 3.33. The third kappa shape index (κ3) is 3.61. The van der Waals surface area contributed by atoms with Gasteiger partial charge in [0.25, 0.3) is 0 Å². The lowest BCUT2D eigenvalue weighted by Crippen LogP contribution is -2.11. The Morgan fingerprint density at radius 2 is 2.10 bits per heavy atom. The van der Waals surface area contributed by atoms with Crippen molar-refractivity contribution in [1.29, 1.82) is 0 Å². The number of hydrogen-bond donors (Lipinski definition) is 1. The maximum absolute atomic E-state index is 4.40. The molecule has 0 saturated carbocycles. The van der Waals surface area contributed by atoms with E-state index in [-0.39, 0.29) is 6.04 Å². The molecule has 1 aromatic heterocycles. The minimum Gasteiger partial charge on any atom is -0.378 e. The van der Waals surface area contributed by atoms with Crippen LogP contribution >= 0.6 is 0 Å². The summed E-state index contributed by atoms with van der Waals surface area (Å²) in [5.74, 6) is 0. The second-order valence-corrected chi connectivity index (χ2v) is 5.65. The molecule has 2 aromatic rings. The predicted molar refractivity (Wildman–Crippen MR) is 83.8 cm³/mol. The monoisotopic (exact) mass is 272 g/mol. The van der Waals surface area contributed by atoms with Gasteiger partial charge in [-0.25, -0.2) is 0 Å². The average molecular weight is 272 g/mol. The van der Waals surface area contributed by atoms with Gasteiger partial charge in [0.05, 0.1) is 11.7 Å². The number of anilines is 1. The average Bonchev–Trinajstić information content (AvgIpc) is 2.68. The molecule has 0 radical (unpaired) electrons. The molecule has 0 aliphatic heterocycles. The zero-order valence-corrected chi connectivity index (χ0v) is 13.0. The van der Waals surface area contributed by atoms with E-state index in [1.165, 1.54) is 11.1 Å². The number of nitrogens with one attached hydrogen (secondary N) is 1. The van der Waals surface area contributed by atoms with Crippen molar-refractivity contribution in [2.24, 2.45) is 7.05 Å². The van der Waals surface area contributed by atoms with E-state index in [2.05, 4.69) is 73.7 Å². The van der Waals surface area contributed by atoms with Gasteiger partial charge in [0.15, 0.2) is 0 Å². The smallest absolute Gasteiger partial charge is 0.0646 e. The summed E-state index contributed by atoms with van der Waals surface area (Å²) in [4.78, 5) is 2.17. The van der Waals surface area contributed by atoms with Crippen molar-refractivity contribution in [3.05, 3.63) is 47.3 Å². The second-order valence-electron chi connectivity index (χ2n) is 5.65. The molecule has 0 amide bonds. The summed E-state index contributed by atoms with van der Waals surface area (Å²) in [5, 5.41) is 7.95. The molecule has 1 heterocycles. The maximum Gasteiger partial charge on any atom is 0.0646 e. The minimum absolute atomic E-state index is 0.248. The first-order valence-electron chi connectivity index (χ1n) is 6.96. The molecule has 1 aromatic carbocycles. The number of benzene rings is 1. The molecule has 4 nitrogen and oxygen atoms in total. The van der Waals surface area contributed by atoms with Crippen molar-refractivity contribution in [3.63, 3.8) is 0 Å². The van der Waals surface area contributed by atoms with Crippen LogP contribution in [-0.2, 0) is 13.6 Å². The first kappa shape index (κ1) is 14.6. The summed E-state index contributed by atoms with van der Waals surface area (Å²) in [6.45, 7) is 5.18. The quantitative estimate of drug-likeness (QED) is 0.908. The summed E-state index contributed by atoms with van der Waals surface area (Å²) >= 11 is 0. The van der Waals surface area contributed by atoms with Gasteiger partial charge in [-0.1, -0.05) is 12.1 Å². The van der Waals surface area contributed by atoms with Crippen LogP contribution in [0, 0.1) is 6.92 Å². The van der Waals surface area contributed by atoms with Crippen molar-refractivity contribution in [2.45, 2.75) is 26.4 Å². The molecule has 0 aliphatic carbocycles. The summed E-state index contributed by atoms with van der Waals surface area (Å²) in [7, 11) is 6.13. The van der Waals surface area contributed by atoms with Gasteiger partial charge < -0.3 is 10.2 Å². The van der Waals surface area contributed by atoms with Gasteiger partial charge >= 0.3 is 0 Å². The van der Waals surface area contributed by atoms with Crippen molar-refractivity contribution in [3.8, 4) is 0 Å². The fourth-order valence-corrected chi connectivity index (χ4v) is 2.50. The van der Waals surface area contributed by atoms with E-state index in [0.29, 0.717) is 0 Å². The van der Waals surface area contributed by atoms with E-state index < -0.39 is 0 Å². The highest BCUT2D eigenvalue weighted by molar-refractivity contribution is 5.47. The van der Waals surface area contributed by atoms with Gasteiger partial charge in [0, 0.05) is 31.0 Å². The van der Waals surface area contributed by atoms with Crippen LogP contribution in [0.4, 0.5) is 5.69 Å². The molecule has 0 spiro atoms. The van der Waals surface area contributed by atoms with Crippen LogP contribution in [0.2, 0.25) is 0 Å². The van der Waals surface area contributed by atoms with Gasteiger partial charge in [0.2, 0.25) is 0 Å². The Hall–Kier alpha value is -1.81. The van der Waals surface area contributed by atoms with E-state index in [1.54, 1.807) is 0 Å². The van der Waals surface area contributed by atoms with Crippen LogP contribution in [0.1, 0.15) is 29.8 Å². The van der Waals surface area contributed by atoms with Gasteiger partial charge in [-0.15, -0.1) is 0 Å². The molecule has 1 unspecified atom stereocenters. The first-order valence-corrected chi connectivity index (χ1v) is 6.96. The number of aromatic nitrogens is 2. The number of hydrogen-bond acceptors (Lipinski definition) is 3. The fourth-order valence-electron chi connectivity index (χ4n) is 2.50. The van der Waals surface area contributed by atoms with Crippen LogP contribution in [0.25, 0.3) is 0 Å². The van der Waals surface area contributed by atoms with Crippen LogP contribution in [-0.4, -0.2) is 28.8 Å². The number of aryl methyl sites for hydroxylation is 2. The topological polar surface area (TPSA) is 33.1 Å². The van der Waals surface area contributed by atoms with Crippen LogP contribution in [0.3, 0.4) is 0 Å². The van der Waals surface area contributed by atoms with Crippen molar-refractivity contribution >= 4 is 5.69 Å². The Bertz CT molecular complexity index is 572. The number of rotatable bonds is 5. The molecule has 0 aliphatic rings. The molecule has 1 atom stereocenters. The first-order chi connectivity index (χ1) is 9.45. The van der Waals surface area contributed by atoms with Gasteiger partial charge in [0.1, 0.15) is 0 Å². The largest absolute Gasteiger partial charge is 0.378 e. The molecule has 0 saturated heterocycles. The third-order valence-corrected chi connectivity index (χ3v) is 3.33. The Labute approximate surface area is 121 Å². The van der Waals surface area contributed by atoms with E-state index in [1.807, 2.05) is 11.7 Å². The Kier molecular flexibility index (Phi) is 4.45. The summed E-state index contributed by atoms with van der Waals surface area (Å²) in [5.41, 5.74) is 4.79. The minimum atomic E-state index is 0.248. The molecule has 1 N–H and O–H groups in total. The number of nitrogens with zero attached hydrogens (tertiary/aromatic N) is 3. The molecule has 20 heavy (non-hydrogen) atoms. The molecule has 2 rings (SSSR count). The van der Waals surface area contributed by atoms with Crippen LogP contribution in [0.15, 0.2) is 30.5 Å². The Morgan fingerprint density at radius 1 is 1.35 bits per heavy atom. The lowest BCUT2D eigenvalue weighted by Gasteiger charge is -2.16. The zero-order valence-electron chi connectivity index (χ0n) is 13.0. The lowest BCUT2D eigenvalue weighted by molar-refractivity contribution is 0.402. The van der Waals surface area contributed by atoms with E-state index in [9.17, 15) is 0 Å². The van der Waals surface area contributed by atoms with Crippen LogP contribution in [0.5, 0.6) is 0 Å². The van der Waals surface area contributed by atoms with Crippen molar-refractivity contribution in [2.75, 3.05) is 19.4 Å². The van der Waals surface area contributed by atoms with E-state index >= 15 is 0 Å². The molecular weight excluding hydrogens is 248 g/mol. The van der Waals surface area contributed by atoms with Gasteiger partial charge in [-0.3, -0.25) is 4.68 Å².